The standard InChI is InChI=1S/C24H23N3O3/c1-16-10-11-27-15-21(25-23(27)12-16)18-6-9-22(30-3)20(14-18)26-24(28)13-17-4-7-19(29-2)8-5-17/h4-12,14-15H,13H2,1-3H3,(H,26,28). The molecular formula is C24H23N3O3. The van der Waals surface area contributed by atoms with Crippen molar-refractivity contribution in [3.8, 4) is 22.8 Å². The maximum atomic E-state index is 12.6. The first-order valence-electron chi connectivity index (χ1n) is 9.62. The van der Waals surface area contributed by atoms with Gasteiger partial charge in [0.05, 0.1) is 32.0 Å². The van der Waals surface area contributed by atoms with E-state index in [-0.39, 0.29) is 12.3 Å². The van der Waals surface area contributed by atoms with E-state index in [0.29, 0.717) is 11.4 Å². The normalized spacial score (nSPS) is 10.8. The number of benzene rings is 2. The van der Waals surface area contributed by atoms with Gasteiger partial charge in [0.1, 0.15) is 17.1 Å². The number of ether oxygens (including phenoxy) is 2. The van der Waals surface area contributed by atoms with E-state index in [4.69, 9.17) is 14.5 Å². The molecule has 0 unspecified atom stereocenters. The number of methoxy groups -OCH3 is 2. The molecule has 6 heteroatoms. The van der Waals surface area contributed by atoms with Gasteiger partial charge in [-0.15, -0.1) is 0 Å². The molecule has 0 spiro atoms. The number of fused-ring (bicyclic) bond motifs is 1. The summed E-state index contributed by atoms with van der Waals surface area (Å²) in [5, 5.41) is 2.96. The second-order valence-corrected chi connectivity index (χ2v) is 7.08. The Morgan fingerprint density at radius 1 is 1.03 bits per heavy atom. The molecule has 2 heterocycles. The first-order chi connectivity index (χ1) is 14.6. The molecule has 152 valence electrons. The molecule has 2 aromatic carbocycles. The van der Waals surface area contributed by atoms with Crippen LogP contribution in [-0.2, 0) is 11.2 Å². The number of pyridine rings is 1. The Morgan fingerprint density at radius 3 is 2.57 bits per heavy atom. The average molecular weight is 401 g/mol. The van der Waals surface area contributed by atoms with Crippen molar-refractivity contribution in [2.75, 3.05) is 19.5 Å². The summed E-state index contributed by atoms with van der Waals surface area (Å²) in [5.41, 5.74) is 5.28. The van der Waals surface area contributed by atoms with Crippen LogP contribution in [0.1, 0.15) is 11.1 Å². The van der Waals surface area contributed by atoms with Crippen LogP contribution in [0.3, 0.4) is 0 Å². The largest absolute Gasteiger partial charge is 0.497 e. The number of anilines is 1. The van der Waals surface area contributed by atoms with E-state index >= 15 is 0 Å². The van der Waals surface area contributed by atoms with Crippen LogP contribution in [-0.4, -0.2) is 29.5 Å². The van der Waals surface area contributed by atoms with Crippen molar-refractivity contribution in [2.45, 2.75) is 13.3 Å². The van der Waals surface area contributed by atoms with Gasteiger partial charge < -0.3 is 19.2 Å². The smallest absolute Gasteiger partial charge is 0.228 e. The van der Waals surface area contributed by atoms with Crippen LogP contribution in [0.5, 0.6) is 11.5 Å². The topological polar surface area (TPSA) is 64.9 Å². The molecule has 0 fully saturated rings. The lowest BCUT2D eigenvalue weighted by atomic mass is 10.1. The van der Waals surface area contributed by atoms with E-state index in [2.05, 4.69) is 5.32 Å². The summed E-state index contributed by atoms with van der Waals surface area (Å²) in [5.74, 6) is 1.24. The molecule has 0 aliphatic carbocycles. The first kappa shape index (κ1) is 19.5. The van der Waals surface area contributed by atoms with Gasteiger partial charge in [0, 0.05) is 18.0 Å². The zero-order valence-electron chi connectivity index (χ0n) is 17.2. The molecule has 0 atom stereocenters. The van der Waals surface area contributed by atoms with Crippen molar-refractivity contribution in [2.24, 2.45) is 0 Å². The molecule has 0 aliphatic heterocycles. The Hall–Kier alpha value is -3.80. The molecule has 0 saturated heterocycles. The van der Waals surface area contributed by atoms with Crippen molar-refractivity contribution < 1.29 is 14.3 Å². The number of rotatable bonds is 6. The lowest BCUT2D eigenvalue weighted by Gasteiger charge is -2.12. The first-order valence-corrected chi connectivity index (χ1v) is 9.62. The number of carbonyl (C=O) groups is 1. The predicted octanol–water partition coefficient (Wildman–Crippen LogP) is 4.51. The number of nitrogens with one attached hydrogen (secondary N) is 1. The van der Waals surface area contributed by atoms with E-state index in [1.54, 1.807) is 14.2 Å². The van der Waals surface area contributed by atoms with E-state index < -0.39 is 0 Å². The maximum Gasteiger partial charge on any atom is 0.228 e. The SMILES string of the molecule is COc1ccc(CC(=O)Nc2cc(-c3cn4ccc(C)cc4n3)ccc2OC)cc1. The van der Waals surface area contributed by atoms with Gasteiger partial charge in [-0.05, 0) is 60.5 Å². The highest BCUT2D eigenvalue weighted by molar-refractivity contribution is 5.94. The second kappa shape index (κ2) is 8.29. The number of aryl methyl sites for hydroxylation is 1. The molecule has 0 radical (unpaired) electrons. The highest BCUT2D eigenvalue weighted by Crippen LogP contribution is 2.30. The van der Waals surface area contributed by atoms with Crippen LogP contribution in [0.25, 0.3) is 16.9 Å². The van der Waals surface area contributed by atoms with Gasteiger partial charge in [0.25, 0.3) is 0 Å². The van der Waals surface area contributed by atoms with Crippen molar-refractivity contribution in [1.82, 2.24) is 9.38 Å². The van der Waals surface area contributed by atoms with Crippen LogP contribution < -0.4 is 14.8 Å². The molecule has 4 rings (SSSR count). The van der Waals surface area contributed by atoms with Crippen molar-refractivity contribution in [3.05, 3.63) is 78.1 Å². The van der Waals surface area contributed by atoms with Gasteiger partial charge in [-0.2, -0.15) is 0 Å². The van der Waals surface area contributed by atoms with E-state index in [9.17, 15) is 4.79 Å². The number of carbonyl (C=O) groups excluding carboxylic acids is 1. The quantitative estimate of drug-likeness (QED) is 0.516. The summed E-state index contributed by atoms with van der Waals surface area (Å²) in [6, 6.07) is 17.2. The zero-order chi connectivity index (χ0) is 21.1. The third-order valence-corrected chi connectivity index (χ3v) is 4.91. The third kappa shape index (κ3) is 4.12. The second-order valence-electron chi connectivity index (χ2n) is 7.08. The summed E-state index contributed by atoms with van der Waals surface area (Å²) in [7, 11) is 3.20. The highest BCUT2D eigenvalue weighted by Gasteiger charge is 2.12. The Balaban J connectivity index is 1.57. The van der Waals surface area contributed by atoms with Crippen LogP contribution in [0, 0.1) is 6.92 Å². The monoisotopic (exact) mass is 401 g/mol. The Morgan fingerprint density at radius 2 is 1.83 bits per heavy atom. The Kier molecular flexibility index (Phi) is 5.39. The van der Waals surface area contributed by atoms with Gasteiger partial charge in [-0.25, -0.2) is 4.98 Å². The van der Waals surface area contributed by atoms with Crippen LogP contribution in [0.4, 0.5) is 5.69 Å². The summed E-state index contributed by atoms with van der Waals surface area (Å²) in [6.07, 6.45) is 4.22. The number of imidazole rings is 1. The van der Waals surface area contributed by atoms with Gasteiger partial charge in [-0.3, -0.25) is 4.79 Å². The number of hydrogen-bond acceptors (Lipinski definition) is 4. The van der Waals surface area contributed by atoms with Gasteiger partial charge >= 0.3 is 0 Å². The number of aromatic nitrogens is 2. The fourth-order valence-corrected chi connectivity index (χ4v) is 3.31. The van der Waals surface area contributed by atoms with Crippen LogP contribution in [0.15, 0.2) is 67.0 Å². The van der Waals surface area contributed by atoms with Crippen molar-refractivity contribution in [3.63, 3.8) is 0 Å². The third-order valence-electron chi connectivity index (χ3n) is 4.91. The average Bonchev–Trinajstić information content (AvgIpc) is 3.17. The van der Waals surface area contributed by atoms with Crippen LogP contribution >= 0.6 is 0 Å². The minimum absolute atomic E-state index is 0.124. The summed E-state index contributed by atoms with van der Waals surface area (Å²) in [4.78, 5) is 17.3. The fourth-order valence-electron chi connectivity index (χ4n) is 3.31. The fraction of sp³-hybridized carbons (Fsp3) is 0.167. The minimum Gasteiger partial charge on any atom is -0.497 e. The van der Waals surface area contributed by atoms with E-state index in [1.165, 1.54) is 0 Å². The van der Waals surface area contributed by atoms with Crippen molar-refractivity contribution >= 4 is 17.2 Å². The number of hydrogen-bond donors (Lipinski definition) is 1. The molecule has 0 saturated carbocycles. The van der Waals surface area contributed by atoms with Crippen molar-refractivity contribution in [1.29, 1.82) is 0 Å². The lowest BCUT2D eigenvalue weighted by molar-refractivity contribution is -0.115. The zero-order valence-corrected chi connectivity index (χ0v) is 17.2. The molecule has 1 N–H and O–H groups in total. The predicted molar refractivity (Wildman–Crippen MR) is 117 cm³/mol. The van der Waals surface area contributed by atoms with E-state index in [0.717, 1.165) is 33.8 Å². The molecule has 30 heavy (non-hydrogen) atoms. The molecule has 1 amide bonds. The lowest BCUT2D eigenvalue weighted by Crippen LogP contribution is -2.15. The maximum absolute atomic E-state index is 12.6. The molecule has 2 aromatic heterocycles. The van der Waals surface area contributed by atoms with Gasteiger partial charge in [0.2, 0.25) is 5.91 Å². The minimum atomic E-state index is -0.124. The summed E-state index contributed by atoms with van der Waals surface area (Å²) in [6.45, 7) is 2.04. The number of amides is 1. The van der Waals surface area contributed by atoms with Gasteiger partial charge in [-0.1, -0.05) is 12.1 Å². The van der Waals surface area contributed by atoms with E-state index in [1.807, 2.05) is 78.3 Å². The Labute approximate surface area is 175 Å². The van der Waals surface area contributed by atoms with Gasteiger partial charge in [0.15, 0.2) is 0 Å². The molecular weight excluding hydrogens is 378 g/mol. The summed E-state index contributed by atoms with van der Waals surface area (Å²) >= 11 is 0. The molecule has 4 aromatic rings. The highest BCUT2D eigenvalue weighted by atomic mass is 16.5. The summed E-state index contributed by atoms with van der Waals surface area (Å²) < 4.78 is 12.6. The molecule has 0 aliphatic rings. The Bertz CT molecular complexity index is 1200. The molecule has 0 bridgehead atoms. The number of nitrogens with zero attached hydrogens (tertiary/aromatic N) is 2. The van der Waals surface area contributed by atoms with Crippen LogP contribution in [0.2, 0.25) is 0 Å². The molecule has 6 nitrogen and oxygen atoms in total.